The zero-order valence-corrected chi connectivity index (χ0v) is 12.6. The van der Waals surface area contributed by atoms with Gasteiger partial charge in [0, 0.05) is 44.1 Å². The van der Waals surface area contributed by atoms with Crippen LogP contribution in [0.3, 0.4) is 0 Å². The van der Waals surface area contributed by atoms with Crippen LogP contribution in [0.1, 0.15) is 18.1 Å². The zero-order valence-electron chi connectivity index (χ0n) is 12.6. The largest absolute Gasteiger partial charge is 0.338 e. The van der Waals surface area contributed by atoms with Crippen LogP contribution in [0.4, 0.5) is 10.3 Å². The molecule has 4 nitrogen and oxygen atoms in total. The van der Waals surface area contributed by atoms with E-state index in [1.54, 1.807) is 12.1 Å². The number of nitrogens with zero attached hydrogens (tertiary/aromatic N) is 3. The Labute approximate surface area is 129 Å². The van der Waals surface area contributed by atoms with Gasteiger partial charge in [0.1, 0.15) is 5.82 Å². The first kappa shape index (κ1) is 14.7. The normalized spacial score (nSPS) is 15.9. The number of rotatable bonds is 3. The number of halogens is 1. The van der Waals surface area contributed by atoms with Gasteiger partial charge in [0.25, 0.3) is 0 Å². The third-order valence-electron chi connectivity index (χ3n) is 3.79. The lowest BCUT2D eigenvalue weighted by Crippen LogP contribution is -2.44. The van der Waals surface area contributed by atoms with Crippen LogP contribution in [0.25, 0.3) is 5.57 Å². The summed E-state index contributed by atoms with van der Waals surface area (Å²) >= 11 is 0. The topological polar surface area (TPSA) is 41.1 Å². The summed E-state index contributed by atoms with van der Waals surface area (Å²) < 4.78 is 13.1. The molecule has 1 aliphatic heterocycles. The Morgan fingerprint density at radius 3 is 2.32 bits per heavy atom. The first-order valence-corrected chi connectivity index (χ1v) is 7.48. The van der Waals surface area contributed by atoms with Crippen LogP contribution in [0.2, 0.25) is 0 Å². The molecule has 0 saturated carbocycles. The van der Waals surface area contributed by atoms with Gasteiger partial charge in [-0.25, -0.2) is 14.4 Å². The van der Waals surface area contributed by atoms with Gasteiger partial charge in [0.2, 0.25) is 5.95 Å². The smallest absolute Gasteiger partial charge is 0.225 e. The quantitative estimate of drug-likeness (QED) is 0.945. The second-order valence-corrected chi connectivity index (χ2v) is 5.22. The van der Waals surface area contributed by atoms with Crippen LogP contribution in [-0.2, 0) is 0 Å². The monoisotopic (exact) mass is 298 g/mol. The van der Waals surface area contributed by atoms with Crippen LogP contribution in [-0.4, -0.2) is 36.1 Å². The molecule has 1 aromatic heterocycles. The summed E-state index contributed by atoms with van der Waals surface area (Å²) in [5, 5.41) is 3.31. The maximum absolute atomic E-state index is 13.1. The van der Waals surface area contributed by atoms with E-state index in [0.717, 1.165) is 48.8 Å². The Kier molecular flexibility index (Phi) is 4.44. The third kappa shape index (κ3) is 3.14. The lowest BCUT2D eigenvalue weighted by molar-refractivity contribution is 0.580. The molecule has 0 radical (unpaired) electrons. The van der Waals surface area contributed by atoms with Crippen molar-refractivity contribution in [2.24, 2.45) is 0 Å². The van der Waals surface area contributed by atoms with Crippen molar-refractivity contribution in [3.8, 4) is 0 Å². The molecular formula is C17H19FN4. The molecule has 1 N–H and O–H groups in total. The zero-order chi connectivity index (χ0) is 15.4. The Hall–Kier alpha value is -2.27. The fourth-order valence-electron chi connectivity index (χ4n) is 2.62. The van der Waals surface area contributed by atoms with Crippen molar-refractivity contribution in [1.82, 2.24) is 15.3 Å². The molecule has 5 heteroatoms. The molecule has 1 saturated heterocycles. The Morgan fingerprint density at radius 2 is 1.73 bits per heavy atom. The first-order valence-electron chi connectivity index (χ1n) is 7.48. The van der Waals surface area contributed by atoms with Crippen molar-refractivity contribution in [2.45, 2.75) is 6.92 Å². The highest BCUT2D eigenvalue weighted by molar-refractivity contribution is 5.78. The average molecular weight is 298 g/mol. The van der Waals surface area contributed by atoms with E-state index in [9.17, 15) is 4.39 Å². The number of hydrogen-bond acceptors (Lipinski definition) is 4. The van der Waals surface area contributed by atoms with Crippen molar-refractivity contribution >= 4 is 11.5 Å². The SMILES string of the molecule is C/C=C(/c1ccc(F)cc1)c1cnc(N2CCNCC2)nc1. The lowest BCUT2D eigenvalue weighted by Gasteiger charge is -2.27. The van der Waals surface area contributed by atoms with Crippen molar-refractivity contribution in [3.63, 3.8) is 0 Å². The molecule has 0 atom stereocenters. The Morgan fingerprint density at radius 1 is 1.09 bits per heavy atom. The summed E-state index contributed by atoms with van der Waals surface area (Å²) in [7, 11) is 0. The Bertz CT molecular complexity index is 643. The average Bonchev–Trinajstić information content (AvgIpc) is 2.59. The van der Waals surface area contributed by atoms with Crippen LogP contribution in [0, 0.1) is 5.82 Å². The lowest BCUT2D eigenvalue weighted by atomic mass is 10.0. The van der Waals surface area contributed by atoms with E-state index in [2.05, 4.69) is 20.2 Å². The maximum atomic E-state index is 13.1. The fourth-order valence-corrected chi connectivity index (χ4v) is 2.62. The number of piperazine rings is 1. The van der Waals surface area contributed by atoms with E-state index in [-0.39, 0.29) is 5.82 Å². The molecule has 1 fully saturated rings. The van der Waals surface area contributed by atoms with E-state index in [4.69, 9.17) is 0 Å². The predicted octanol–water partition coefficient (Wildman–Crippen LogP) is 2.48. The number of nitrogens with one attached hydrogen (secondary N) is 1. The summed E-state index contributed by atoms with van der Waals surface area (Å²) in [4.78, 5) is 11.1. The second kappa shape index (κ2) is 6.66. The first-order chi connectivity index (χ1) is 10.8. The number of anilines is 1. The van der Waals surface area contributed by atoms with Gasteiger partial charge in [0.05, 0.1) is 0 Å². The van der Waals surface area contributed by atoms with Crippen molar-refractivity contribution in [3.05, 3.63) is 59.7 Å². The predicted molar refractivity (Wildman–Crippen MR) is 86.3 cm³/mol. The van der Waals surface area contributed by atoms with E-state index < -0.39 is 0 Å². The number of allylic oxidation sites excluding steroid dienone is 1. The van der Waals surface area contributed by atoms with E-state index in [1.165, 1.54) is 12.1 Å². The minimum absolute atomic E-state index is 0.232. The van der Waals surface area contributed by atoms with E-state index >= 15 is 0 Å². The van der Waals surface area contributed by atoms with Crippen molar-refractivity contribution < 1.29 is 4.39 Å². The van der Waals surface area contributed by atoms with Crippen LogP contribution in [0.15, 0.2) is 42.7 Å². The molecule has 1 aromatic carbocycles. The van der Waals surface area contributed by atoms with Gasteiger partial charge in [-0.1, -0.05) is 18.2 Å². The highest BCUT2D eigenvalue weighted by Crippen LogP contribution is 2.23. The fraction of sp³-hybridized carbons (Fsp3) is 0.294. The van der Waals surface area contributed by atoms with Gasteiger partial charge in [-0.3, -0.25) is 0 Å². The molecule has 22 heavy (non-hydrogen) atoms. The van der Waals surface area contributed by atoms with Gasteiger partial charge < -0.3 is 10.2 Å². The summed E-state index contributed by atoms with van der Waals surface area (Å²) in [5.74, 6) is 0.532. The van der Waals surface area contributed by atoms with Gasteiger partial charge in [-0.2, -0.15) is 0 Å². The van der Waals surface area contributed by atoms with Crippen LogP contribution < -0.4 is 10.2 Å². The van der Waals surface area contributed by atoms with Crippen molar-refractivity contribution in [2.75, 3.05) is 31.1 Å². The molecule has 0 spiro atoms. The summed E-state index contributed by atoms with van der Waals surface area (Å²) in [5.41, 5.74) is 2.90. The molecule has 2 aromatic rings. The highest BCUT2D eigenvalue weighted by Gasteiger charge is 2.13. The van der Waals surface area contributed by atoms with Crippen LogP contribution >= 0.6 is 0 Å². The number of aromatic nitrogens is 2. The summed E-state index contributed by atoms with van der Waals surface area (Å²) in [6.07, 6.45) is 5.67. The van der Waals surface area contributed by atoms with Gasteiger partial charge in [0.15, 0.2) is 0 Å². The molecule has 114 valence electrons. The molecule has 2 heterocycles. The summed E-state index contributed by atoms with van der Waals surface area (Å²) in [6.45, 7) is 5.73. The molecule has 1 aliphatic rings. The Balaban J connectivity index is 1.82. The van der Waals surface area contributed by atoms with E-state index in [0.29, 0.717) is 0 Å². The van der Waals surface area contributed by atoms with Gasteiger partial charge >= 0.3 is 0 Å². The number of hydrogen-bond donors (Lipinski definition) is 1. The highest BCUT2D eigenvalue weighted by atomic mass is 19.1. The van der Waals surface area contributed by atoms with Crippen LogP contribution in [0.5, 0.6) is 0 Å². The molecule has 0 unspecified atom stereocenters. The standard InChI is InChI=1S/C17H19FN4/c1-2-16(13-3-5-15(18)6-4-13)14-11-20-17(21-12-14)22-9-7-19-8-10-22/h2-6,11-12,19H,7-10H2,1H3/b16-2-. The minimum Gasteiger partial charge on any atom is -0.338 e. The second-order valence-electron chi connectivity index (χ2n) is 5.22. The van der Waals surface area contributed by atoms with Gasteiger partial charge in [-0.15, -0.1) is 0 Å². The molecule has 0 bridgehead atoms. The number of benzene rings is 1. The molecular weight excluding hydrogens is 279 g/mol. The molecule has 0 aliphatic carbocycles. The molecule has 3 rings (SSSR count). The van der Waals surface area contributed by atoms with Gasteiger partial charge in [-0.05, 0) is 30.2 Å². The van der Waals surface area contributed by atoms with E-state index in [1.807, 2.05) is 25.4 Å². The third-order valence-corrected chi connectivity index (χ3v) is 3.79. The maximum Gasteiger partial charge on any atom is 0.225 e. The molecule has 0 amide bonds. The summed E-state index contributed by atoms with van der Waals surface area (Å²) in [6, 6.07) is 6.48. The van der Waals surface area contributed by atoms with Crippen molar-refractivity contribution in [1.29, 1.82) is 0 Å². The minimum atomic E-state index is -0.232.